The van der Waals surface area contributed by atoms with Gasteiger partial charge in [0.15, 0.2) is 0 Å². The monoisotopic (exact) mass is 304 g/mol. The minimum absolute atomic E-state index is 0.150. The number of methoxy groups -OCH3 is 1. The molecule has 0 aliphatic carbocycles. The van der Waals surface area contributed by atoms with Gasteiger partial charge in [0, 0.05) is 12.1 Å². The molecule has 0 saturated carbocycles. The fraction of sp³-hybridized carbons (Fsp3) is 0.267. The van der Waals surface area contributed by atoms with Crippen LogP contribution in [0.5, 0.6) is 0 Å². The van der Waals surface area contributed by atoms with Crippen molar-refractivity contribution in [3.8, 4) is 0 Å². The third-order valence-electron chi connectivity index (χ3n) is 2.78. The summed E-state index contributed by atoms with van der Waals surface area (Å²) in [4.78, 5) is 27.2. The molecule has 0 saturated heterocycles. The Bertz CT molecular complexity index is 645. The van der Waals surface area contributed by atoms with Crippen molar-refractivity contribution in [2.24, 2.45) is 0 Å². The number of fused-ring (bicyclic) bond motifs is 1. The van der Waals surface area contributed by atoms with E-state index in [9.17, 15) is 9.59 Å². The number of esters is 1. The van der Waals surface area contributed by atoms with Crippen molar-refractivity contribution in [1.82, 2.24) is 10.3 Å². The molecule has 0 aliphatic rings. The summed E-state index contributed by atoms with van der Waals surface area (Å²) in [6, 6.07) is 7.53. The van der Waals surface area contributed by atoms with E-state index in [2.05, 4.69) is 15.0 Å². The summed E-state index contributed by atoms with van der Waals surface area (Å²) in [6.45, 7) is 1.75. The van der Waals surface area contributed by atoms with Gasteiger partial charge in [-0.3, -0.25) is 9.59 Å². The lowest BCUT2D eigenvalue weighted by atomic mass is 10.2. The first-order chi connectivity index (χ1) is 10.1. The Labute approximate surface area is 126 Å². The standard InChI is InChI=1S/C15H16N2O3S/c1-10(9-15(19)20-2)16-13(18)7-8-14-17-11-5-3-4-6-12(11)21-14/h3-8,10H,9H2,1-2H3,(H,16,18)/b8-7+. The molecule has 1 amide bonds. The summed E-state index contributed by atoms with van der Waals surface area (Å²) >= 11 is 1.52. The maximum atomic E-state index is 11.7. The Balaban J connectivity index is 1.94. The lowest BCUT2D eigenvalue weighted by Crippen LogP contribution is -2.33. The molecular weight excluding hydrogens is 288 g/mol. The Morgan fingerprint density at radius 2 is 2.19 bits per heavy atom. The number of benzene rings is 1. The molecule has 1 aromatic carbocycles. The van der Waals surface area contributed by atoms with Gasteiger partial charge in [0.05, 0.1) is 23.7 Å². The van der Waals surface area contributed by atoms with Crippen molar-refractivity contribution in [3.63, 3.8) is 0 Å². The lowest BCUT2D eigenvalue weighted by Gasteiger charge is -2.10. The number of amides is 1. The molecule has 21 heavy (non-hydrogen) atoms. The van der Waals surface area contributed by atoms with Gasteiger partial charge in [0.1, 0.15) is 5.01 Å². The van der Waals surface area contributed by atoms with E-state index in [-0.39, 0.29) is 24.3 Å². The van der Waals surface area contributed by atoms with Crippen LogP contribution in [0.1, 0.15) is 18.4 Å². The van der Waals surface area contributed by atoms with Crippen LogP contribution in [0.4, 0.5) is 0 Å². The predicted molar refractivity (Wildman–Crippen MR) is 82.9 cm³/mol. The van der Waals surface area contributed by atoms with Crippen molar-refractivity contribution in [2.45, 2.75) is 19.4 Å². The van der Waals surface area contributed by atoms with Crippen LogP contribution in [0.15, 0.2) is 30.3 Å². The van der Waals surface area contributed by atoms with Gasteiger partial charge in [0.2, 0.25) is 5.91 Å². The number of carbonyl (C=O) groups excluding carboxylic acids is 2. The molecule has 2 aromatic rings. The number of ether oxygens (including phenoxy) is 1. The average Bonchev–Trinajstić information content (AvgIpc) is 2.87. The van der Waals surface area contributed by atoms with E-state index >= 15 is 0 Å². The number of aromatic nitrogens is 1. The summed E-state index contributed by atoms with van der Waals surface area (Å²) in [6.07, 6.45) is 3.24. The highest BCUT2D eigenvalue weighted by Crippen LogP contribution is 2.22. The molecule has 1 N–H and O–H groups in total. The van der Waals surface area contributed by atoms with Gasteiger partial charge in [-0.05, 0) is 25.1 Å². The van der Waals surface area contributed by atoms with Gasteiger partial charge in [-0.15, -0.1) is 11.3 Å². The van der Waals surface area contributed by atoms with E-state index in [1.165, 1.54) is 24.5 Å². The molecule has 1 atom stereocenters. The van der Waals surface area contributed by atoms with Gasteiger partial charge in [-0.2, -0.15) is 0 Å². The number of rotatable bonds is 5. The van der Waals surface area contributed by atoms with Crippen molar-refractivity contribution >= 4 is 39.5 Å². The zero-order chi connectivity index (χ0) is 15.2. The van der Waals surface area contributed by atoms with Gasteiger partial charge in [-0.1, -0.05) is 12.1 Å². The van der Waals surface area contributed by atoms with Crippen LogP contribution in [0.25, 0.3) is 16.3 Å². The summed E-state index contributed by atoms with van der Waals surface area (Å²) in [5.41, 5.74) is 0.918. The molecule has 110 valence electrons. The van der Waals surface area contributed by atoms with E-state index in [1.807, 2.05) is 24.3 Å². The molecule has 1 unspecified atom stereocenters. The molecule has 1 heterocycles. The maximum absolute atomic E-state index is 11.7. The van der Waals surface area contributed by atoms with E-state index in [1.54, 1.807) is 13.0 Å². The first-order valence-electron chi connectivity index (χ1n) is 6.49. The third-order valence-corrected chi connectivity index (χ3v) is 3.78. The van der Waals surface area contributed by atoms with Crippen molar-refractivity contribution in [3.05, 3.63) is 35.3 Å². The number of hydrogen-bond donors (Lipinski definition) is 1. The minimum Gasteiger partial charge on any atom is -0.469 e. The molecule has 5 nitrogen and oxygen atoms in total. The largest absolute Gasteiger partial charge is 0.469 e. The molecule has 0 aliphatic heterocycles. The van der Waals surface area contributed by atoms with Crippen LogP contribution in [-0.2, 0) is 14.3 Å². The van der Waals surface area contributed by atoms with E-state index < -0.39 is 0 Å². The van der Waals surface area contributed by atoms with Crippen LogP contribution in [0.3, 0.4) is 0 Å². The van der Waals surface area contributed by atoms with E-state index in [4.69, 9.17) is 0 Å². The fourth-order valence-corrected chi connectivity index (χ4v) is 2.65. The van der Waals surface area contributed by atoms with Crippen molar-refractivity contribution < 1.29 is 14.3 Å². The van der Waals surface area contributed by atoms with Crippen LogP contribution in [0.2, 0.25) is 0 Å². The molecule has 0 radical (unpaired) electrons. The third kappa shape index (κ3) is 4.39. The van der Waals surface area contributed by atoms with Gasteiger partial charge < -0.3 is 10.1 Å². The average molecular weight is 304 g/mol. The van der Waals surface area contributed by atoms with Gasteiger partial charge >= 0.3 is 5.97 Å². The molecule has 0 fully saturated rings. The van der Waals surface area contributed by atoms with E-state index in [0.717, 1.165) is 15.2 Å². The summed E-state index contributed by atoms with van der Waals surface area (Å²) in [5.74, 6) is -0.608. The molecule has 2 rings (SSSR count). The summed E-state index contributed by atoms with van der Waals surface area (Å²) in [5, 5.41) is 3.47. The molecule has 0 spiro atoms. The highest BCUT2D eigenvalue weighted by molar-refractivity contribution is 7.19. The van der Waals surface area contributed by atoms with Crippen LogP contribution >= 0.6 is 11.3 Å². The first kappa shape index (κ1) is 15.2. The van der Waals surface area contributed by atoms with Crippen LogP contribution in [0, 0.1) is 0 Å². The molecule has 1 aromatic heterocycles. The SMILES string of the molecule is COC(=O)CC(C)NC(=O)/C=C/c1nc2ccccc2s1. The molecule has 0 bridgehead atoms. The lowest BCUT2D eigenvalue weighted by molar-refractivity contribution is -0.141. The second-order valence-electron chi connectivity index (χ2n) is 4.54. The number of hydrogen-bond acceptors (Lipinski definition) is 5. The number of para-hydroxylation sites is 1. The second kappa shape index (κ2) is 6.99. The fourth-order valence-electron chi connectivity index (χ4n) is 1.78. The number of thiazole rings is 1. The minimum atomic E-state index is -0.349. The van der Waals surface area contributed by atoms with Gasteiger partial charge in [-0.25, -0.2) is 4.98 Å². The normalized spacial score (nSPS) is 12.5. The second-order valence-corrected chi connectivity index (χ2v) is 5.61. The van der Waals surface area contributed by atoms with Crippen LogP contribution in [-0.4, -0.2) is 30.0 Å². The Kier molecular flexibility index (Phi) is 5.05. The Morgan fingerprint density at radius 3 is 2.90 bits per heavy atom. The smallest absolute Gasteiger partial charge is 0.307 e. The molecular formula is C15H16N2O3S. The highest BCUT2D eigenvalue weighted by Gasteiger charge is 2.10. The topological polar surface area (TPSA) is 68.3 Å². The van der Waals surface area contributed by atoms with E-state index in [0.29, 0.717) is 0 Å². The number of nitrogens with zero attached hydrogens (tertiary/aromatic N) is 1. The quantitative estimate of drug-likeness (QED) is 0.680. The van der Waals surface area contributed by atoms with Crippen LogP contribution < -0.4 is 5.32 Å². The number of carbonyl (C=O) groups is 2. The number of nitrogens with one attached hydrogen (secondary N) is 1. The predicted octanol–water partition coefficient (Wildman–Crippen LogP) is 2.38. The Hall–Kier alpha value is -2.21. The summed E-state index contributed by atoms with van der Waals surface area (Å²) in [7, 11) is 1.32. The molecule has 6 heteroatoms. The first-order valence-corrected chi connectivity index (χ1v) is 7.31. The zero-order valence-corrected chi connectivity index (χ0v) is 12.6. The highest BCUT2D eigenvalue weighted by atomic mass is 32.1. The maximum Gasteiger partial charge on any atom is 0.307 e. The van der Waals surface area contributed by atoms with Gasteiger partial charge in [0.25, 0.3) is 0 Å². The van der Waals surface area contributed by atoms with Crippen molar-refractivity contribution in [1.29, 1.82) is 0 Å². The van der Waals surface area contributed by atoms with Crippen molar-refractivity contribution in [2.75, 3.05) is 7.11 Å². The Morgan fingerprint density at radius 1 is 1.43 bits per heavy atom. The summed E-state index contributed by atoms with van der Waals surface area (Å²) < 4.78 is 5.63. The zero-order valence-electron chi connectivity index (χ0n) is 11.8.